The summed E-state index contributed by atoms with van der Waals surface area (Å²) in [6, 6.07) is 7.76. The summed E-state index contributed by atoms with van der Waals surface area (Å²) in [6.07, 6.45) is 2.22. The lowest BCUT2D eigenvalue weighted by molar-refractivity contribution is 0.300. The number of aliphatic hydroxyl groups excluding tert-OH is 1. The Morgan fingerprint density at radius 2 is 2.11 bits per heavy atom. The van der Waals surface area contributed by atoms with Crippen molar-refractivity contribution in [3.8, 4) is 5.75 Å². The fraction of sp³-hybridized carbons (Fsp3) is 0.308. The van der Waals surface area contributed by atoms with E-state index in [1.165, 1.54) is 0 Å². The average molecular weight is 247 g/mol. The molecular formula is C13H17N3O2. The number of nitrogens with zero attached hydrogens (tertiary/aromatic N) is 2. The van der Waals surface area contributed by atoms with Crippen molar-refractivity contribution in [2.45, 2.75) is 13.0 Å². The van der Waals surface area contributed by atoms with Crippen molar-refractivity contribution in [1.29, 1.82) is 0 Å². The van der Waals surface area contributed by atoms with Gasteiger partial charge in [0.15, 0.2) is 0 Å². The first-order chi connectivity index (χ1) is 8.76. The van der Waals surface area contributed by atoms with Crippen LogP contribution in [-0.4, -0.2) is 28.6 Å². The van der Waals surface area contributed by atoms with E-state index in [4.69, 9.17) is 15.6 Å². The van der Waals surface area contributed by atoms with Gasteiger partial charge in [-0.1, -0.05) is 18.2 Å². The molecule has 0 saturated heterocycles. The maximum Gasteiger partial charge on any atom is 0.125 e. The van der Waals surface area contributed by atoms with E-state index in [0.717, 1.165) is 16.9 Å². The Kier molecular flexibility index (Phi) is 3.84. The molecule has 18 heavy (non-hydrogen) atoms. The van der Waals surface area contributed by atoms with Gasteiger partial charge in [0.2, 0.25) is 0 Å². The summed E-state index contributed by atoms with van der Waals surface area (Å²) in [5, 5.41) is 13.1. The lowest BCUT2D eigenvalue weighted by Crippen LogP contribution is -2.08. The van der Waals surface area contributed by atoms with E-state index in [-0.39, 0.29) is 6.61 Å². The van der Waals surface area contributed by atoms with E-state index in [9.17, 15) is 0 Å². The van der Waals surface area contributed by atoms with Crippen LogP contribution in [0.4, 0.5) is 5.82 Å². The Morgan fingerprint density at radius 3 is 2.83 bits per heavy atom. The molecular weight excluding hydrogens is 230 g/mol. The number of ether oxygens (including phenoxy) is 1. The van der Waals surface area contributed by atoms with Crippen LogP contribution in [-0.2, 0) is 13.0 Å². The van der Waals surface area contributed by atoms with Crippen molar-refractivity contribution < 1.29 is 9.84 Å². The Bertz CT molecular complexity index is 523. The highest BCUT2D eigenvalue weighted by Gasteiger charge is 2.09. The molecule has 0 aliphatic rings. The Balaban J connectivity index is 2.23. The monoisotopic (exact) mass is 247 g/mol. The number of nitrogens with two attached hydrogens (primary N) is 1. The number of anilines is 1. The lowest BCUT2D eigenvalue weighted by Gasteiger charge is -2.09. The van der Waals surface area contributed by atoms with E-state index < -0.39 is 0 Å². The number of nitrogen functional groups attached to an aromatic ring is 1. The number of hydrogen-bond donors (Lipinski definition) is 2. The van der Waals surface area contributed by atoms with Gasteiger partial charge in [-0.2, -0.15) is 5.10 Å². The molecule has 0 radical (unpaired) electrons. The molecule has 0 spiro atoms. The van der Waals surface area contributed by atoms with Gasteiger partial charge in [-0.15, -0.1) is 0 Å². The third kappa shape index (κ3) is 2.46. The molecule has 5 heteroatoms. The summed E-state index contributed by atoms with van der Waals surface area (Å²) in [5.74, 6) is 1.41. The zero-order chi connectivity index (χ0) is 13.0. The maximum atomic E-state index is 8.91. The van der Waals surface area contributed by atoms with E-state index >= 15 is 0 Å². The van der Waals surface area contributed by atoms with Crippen LogP contribution in [0.1, 0.15) is 11.1 Å². The van der Waals surface area contributed by atoms with Crippen LogP contribution < -0.4 is 10.5 Å². The van der Waals surface area contributed by atoms with Gasteiger partial charge in [0, 0.05) is 24.2 Å². The molecule has 0 saturated carbocycles. The second-order valence-electron chi connectivity index (χ2n) is 4.00. The van der Waals surface area contributed by atoms with Crippen molar-refractivity contribution in [3.05, 3.63) is 41.6 Å². The van der Waals surface area contributed by atoms with E-state index in [1.54, 1.807) is 18.0 Å². The Hall–Kier alpha value is -2.01. The molecule has 0 amide bonds. The molecule has 0 aliphatic heterocycles. The number of para-hydroxylation sites is 1. The highest BCUT2D eigenvalue weighted by atomic mass is 16.5. The molecule has 2 rings (SSSR count). The molecule has 0 fully saturated rings. The van der Waals surface area contributed by atoms with Crippen LogP contribution in [0.25, 0.3) is 0 Å². The summed E-state index contributed by atoms with van der Waals surface area (Å²) in [7, 11) is 1.64. The standard InChI is InChI=1S/C13H17N3O2/c1-18-12-5-3-2-4-11(12)9-16-13(14)10(6-7-17)8-15-16/h2-5,8,17H,6-7,9,14H2,1H3. The highest BCUT2D eigenvalue weighted by molar-refractivity contribution is 5.41. The molecule has 1 aromatic heterocycles. The molecule has 3 N–H and O–H groups in total. The van der Waals surface area contributed by atoms with Crippen molar-refractivity contribution in [3.63, 3.8) is 0 Å². The van der Waals surface area contributed by atoms with Gasteiger partial charge >= 0.3 is 0 Å². The number of aromatic nitrogens is 2. The number of aliphatic hydroxyl groups is 1. The van der Waals surface area contributed by atoms with E-state index in [1.807, 2.05) is 24.3 Å². The quantitative estimate of drug-likeness (QED) is 0.828. The van der Waals surface area contributed by atoms with Gasteiger partial charge in [-0.25, -0.2) is 4.68 Å². The molecule has 1 aromatic carbocycles. The van der Waals surface area contributed by atoms with Crippen LogP contribution in [0.3, 0.4) is 0 Å². The van der Waals surface area contributed by atoms with E-state index in [2.05, 4.69) is 5.10 Å². The number of rotatable bonds is 5. The second kappa shape index (κ2) is 5.55. The van der Waals surface area contributed by atoms with Crippen LogP contribution in [0.15, 0.2) is 30.5 Å². The summed E-state index contributed by atoms with van der Waals surface area (Å²) < 4.78 is 7.00. The number of hydrogen-bond acceptors (Lipinski definition) is 4. The molecule has 0 atom stereocenters. The fourth-order valence-corrected chi connectivity index (χ4v) is 1.87. The van der Waals surface area contributed by atoms with Gasteiger partial charge < -0.3 is 15.6 Å². The summed E-state index contributed by atoms with van der Waals surface area (Å²) in [6.45, 7) is 0.631. The Labute approximate surface area is 106 Å². The normalized spacial score (nSPS) is 10.6. The third-order valence-electron chi connectivity index (χ3n) is 2.85. The van der Waals surface area contributed by atoms with Gasteiger partial charge in [0.1, 0.15) is 11.6 Å². The zero-order valence-corrected chi connectivity index (χ0v) is 10.3. The number of benzene rings is 1. The van der Waals surface area contributed by atoms with Gasteiger partial charge in [0.25, 0.3) is 0 Å². The number of methoxy groups -OCH3 is 1. The average Bonchev–Trinajstić information content (AvgIpc) is 2.73. The molecule has 0 unspecified atom stereocenters. The molecule has 0 aliphatic carbocycles. The van der Waals surface area contributed by atoms with Crippen molar-refractivity contribution in [2.24, 2.45) is 0 Å². The highest BCUT2D eigenvalue weighted by Crippen LogP contribution is 2.20. The van der Waals surface area contributed by atoms with Crippen molar-refractivity contribution in [1.82, 2.24) is 9.78 Å². The third-order valence-corrected chi connectivity index (χ3v) is 2.85. The fourth-order valence-electron chi connectivity index (χ4n) is 1.87. The van der Waals surface area contributed by atoms with E-state index in [0.29, 0.717) is 18.8 Å². The first-order valence-corrected chi connectivity index (χ1v) is 5.79. The smallest absolute Gasteiger partial charge is 0.125 e. The lowest BCUT2D eigenvalue weighted by atomic mass is 10.2. The molecule has 2 aromatic rings. The molecule has 5 nitrogen and oxygen atoms in total. The topological polar surface area (TPSA) is 73.3 Å². The largest absolute Gasteiger partial charge is 0.496 e. The first kappa shape index (κ1) is 12.4. The van der Waals surface area contributed by atoms with Crippen LogP contribution >= 0.6 is 0 Å². The van der Waals surface area contributed by atoms with Gasteiger partial charge in [-0.3, -0.25) is 0 Å². The maximum absolute atomic E-state index is 8.91. The zero-order valence-electron chi connectivity index (χ0n) is 10.3. The molecule has 96 valence electrons. The van der Waals surface area contributed by atoms with Crippen LogP contribution in [0.5, 0.6) is 5.75 Å². The minimum atomic E-state index is 0.0740. The van der Waals surface area contributed by atoms with Crippen molar-refractivity contribution in [2.75, 3.05) is 19.5 Å². The van der Waals surface area contributed by atoms with Crippen LogP contribution in [0.2, 0.25) is 0 Å². The predicted octanol–water partition coefficient (Wildman–Crippen LogP) is 1.06. The summed E-state index contributed by atoms with van der Waals surface area (Å²) in [4.78, 5) is 0. The SMILES string of the molecule is COc1ccccc1Cn1ncc(CCO)c1N. The van der Waals surface area contributed by atoms with Gasteiger partial charge in [0.05, 0.1) is 19.9 Å². The van der Waals surface area contributed by atoms with Crippen LogP contribution in [0, 0.1) is 0 Å². The molecule has 0 bridgehead atoms. The predicted molar refractivity (Wildman–Crippen MR) is 69.5 cm³/mol. The minimum absolute atomic E-state index is 0.0740. The minimum Gasteiger partial charge on any atom is -0.496 e. The summed E-state index contributed by atoms with van der Waals surface area (Å²) in [5.41, 5.74) is 7.86. The second-order valence-corrected chi connectivity index (χ2v) is 4.00. The van der Waals surface area contributed by atoms with Crippen molar-refractivity contribution >= 4 is 5.82 Å². The first-order valence-electron chi connectivity index (χ1n) is 5.79. The van der Waals surface area contributed by atoms with Gasteiger partial charge in [-0.05, 0) is 6.07 Å². The molecule has 1 heterocycles. The summed E-state index contributed by atoms with van der Waals surface area (Å²) >= 11 is 0. The Morgan fingerprint density at radius 1 is 1.33 bits per heavy atom.